The number of hydrogen-bond donors (Lipinski definition) is 1. The minimum atomic E-state index is -0.136. The molecule has 33 heavy (non-hydrogen) atoms. The van der Waals surface area contributed by atoms with E-state index in [0.29, 0.717) is 11.7 Å². The van der Waals surface area contributed by atoms with Crippen molar-refractivity contribution in [1.82, 2.24) is 10.3 Å². The Morgan fingerprint density at radius 2 is 1.88 bits per heavy atom. The van der Waals surface area contributed by atoms with Gasteiger partial charge in [-0.05, 0) is 106 Å². The topological polar surface area (TPSA) is 61.8 Å². The number of fused-ring (bicyclic) bond motifs is 5. The monoisotopic (exact) mass is 453 g/mol. The zero-order chi connectivity index (χ0) is 23.7. The van der Waals surface area contributed by atoms with Crippen LogP contribution in [0.5, 0.6) is 0 Å². The highest BCUT2D eigenvalue weighted by atomic mass is 16.2. The average molecular weight is 454 g/mol. The molecule has 0 spiro atoms. The second-order valence-corrected chi connectivity index (χ2v) is 12.6. The molecule has 4 fully saturated rings. The van der Waals surface area contributed by atoms with Gasteiger partial charge in [-0.25, -0.2) is 5.01 Å². The van der Waals surface area contributed by atoms with Crippen LogP contribution in [0.25, 0.3) is 0 Å². The molecular weight excluding hydrogens is 410 g/mol. The number of carbonyl (C=O) groups excluding carboxylic acids is 2. The predicted molar refractivity (Wildman–Crippen MR) is 131 cm³/mol. The summed E-state index contributed by atoms with van der Waals surface area (Å²) in [4.78, 5) is 25.3. The van der Waals surface area contributed by atoms with Gasteiger partial charge in [0.1, 0.15) is 11.9 Å². The number of Topliss-reactive ketones (excluding diaryl/α,β-unsaturated/α-hetero) is 1. The van der Waals surface area contributed by atoms with Gasteiger partial charge in [-0.3, -0.25) is 14.9 Å². The van der Waals surface area contributed by atoms with Gasteiger partial charge in [-0.15, -0.1) is 0 Å². The molecule has 1 N–H and O–H groups in total. The minimum Gasteiger partial charge on any atom is -0.300 e. The van der Waals surface area contributed by atoms with Crippen LogP contribution in [0.15, 0.2) is 16.8 Å². The van der Waals surface area contributed by atoms with E-state index in [1.54, 1.807) is 10.6 Å². The molecule has 4 aliphatic carbocycles. The number of allylic oxidation sites excluding steroid dienone is 2. The van der Waals surface area contributed by atoms with Crippen molar-refractivity contribution in [2.45, 2.75) is 105 Å². The molecule has 0 aromatic heterocycles. The summed E-state index contributed by atoms with van der Waals surface area (Å²) in [5.74, 6) is 3.26. The maximum Gasteiger partial charge on any atom is 0.261 e. The van der Waals surface area contributed by atoms with Crippen LogP contribution >= 0.6 is 0 Å². The van der Waals surface area contributed by atoms with Gasteiger partial charge >= 0.3 is 0 Å². The molecule has 182 valence electrons. The summed E-state index contributed by atoms with van der Waals surface area (Å²) < 4.78 is 0. The minimum absolute atomic E-state index is 0.0487. The Hall–Kier alpha value is -1.49. The summed E-state index contributed by atoms with van der Waals surface area (Å²) in [6.07, 6.45) is 11.6. The van der Waals surface area contributed by atoms with Crippen LogP contribution in [0.2, 0.25) is 0 Å². The fraction of sp³-hybridized carbons (Fsp3) is 0.821. The standard InChI is InChI=1S/C28H43N3O2/c1-16(2)25-26(33)31(18(4)29-25)30-20-11-13-27(5)19(15-20)7-8-21-23-10-9-22(17(3)32)28(23,6)14-12-24(21)27/h15-16,18,21-25,29H,7-14H2,1-6H3/t18-,21?,22-,23?,24?,25+,27+,28-/m1/s1. The third kappa shape index (κ3) is 3.47. The number of hydrogen-bond acceptors (Lipinski definition) is 4. The van der Waals surface area contributed by atoms with Crippen LogP contribution in [-0.2, 0) is 9.59 Å². The predicted octanol–water partition coefficient (Wildman–Crippen LogP) is 5.31. The van der Waals surface area contributed by atoms with E-state index in [1.165, 1.54) is 25.7 Å². The zero-order valence-corrected chi connectivity index (χ0v) is 21.5. The lowest BCUT2D eigenvalue weighted by Crippen LogP contribution is -2.51. The zero-order valence-electron chi connectivity index (χ0n) is 21.5. The molecule has 0 aromatic rings. The summed E-state index contributed by atoms with van der Waals surface area (Å²) in [7, 11) is 0. The van der Waals surface area contributed by atoms with Gasteiger partial charge in [-0.2, -0.15) is 5.10 Å². The van der Waals surface area contributed by atoms with Gasteiger partial charge in [0.05, 0.1) is 11.8 Å². The van der Waals surface area contributed by atoms with Gasteiger partial charge in [0, 0.05) is 5.92 Å². The molecule has 1 heterocycles. The van der Waals surface area contributed by atoms with Crippen molar-refractivity contribution in [2.75, 3.05) is 0 Å². The molecule has 8 atom stereocenters. The maximum absolute atomic E-state index is 12.9. The first-order valence-electron chi connectivity index (χ1n) is 13.4. The lowest BCUT2D eigenvalue weighted by atomic mass is 9.46. The lowest BCUT2D eigenvalue weighted by molar-refractivity contribution is -0.130. The molecule has 1 saturated heterocycles. The molecular formula is C28H43N3O2. The third-order valence-corrected chi connectivity index (χ3v) is 10.7. The van der Waals surface area contributed by atoms with E-state index >= 15 is 0 Å². The summed E-state index contributed by atoms with van der Waals surface area (Å²) in [5, 5.41) is 9.97. The summed E-state index contributed by atoms with van der Waals surface area (Å²) >= 11 is 0. The Balaban J connectivity index is 1.37. The Kier molecular flexibility index (Phi) is 5.66. The van der Waals surface area contributed by atoms with Crippen molar-refractivity contribution < 1.29 is 9.59 Å². The molecule has 3 unspecified atom stereocenters. The first-order valence-corrected chi connectivity index (χ1v) is 13.4. The van der Waals surface area contributed by atoms with Crippen LogP contribution in [0, 0.1) is 40.4 Å². The average Bonchev–Trinajstić information content (AvgIpc) is 3.25. The lowest BCUT2D eigenvalue weighted by Gasteiger charge is -2.58. The van der Waals surface area contributed by atoms with Crippen LogP contribution < -0.4 is 5.32 Å². The second-order valence-electron chi connectivity index (χ2n) is 12.6. The summed E-state index contributed by atoms with van der Waals surface area (Å²) in [5.41, 5.74) is 3.10. The molecule has 1 aliphatic heterocycles. The first-order chi connectivity index (χ1) is 15.6. The quantitative estimate of drug-likeness (QED) is 0.630. The number of rotatable bonds is 3. The molecule has 5 heteroatoms. The highest BCUT2D eigenvalue weighted by molar-refractivity contribution is 5.98. The van der Waals surface area contributed by atoms with E-state index < -0.39 is 0 Å². The van der Waals surface area contributed by atoms with Crippen molar-refractivity contribution in [3.05, 3.63) is 11.6 Å². The third-order valence-electron chi connectivity index (χ3n) is 10.7. The highest BCUT2D eigenvalue weighted by Gasteiger charge is 2.59. The number of carbonyl (C=O) groups is 2. The SMILES string of the molecule is CC(=O)[C@H]1CCC2C3CCC4=CC(=NN5C(=O)[C@H](C(C)C)N[C@H]5C)CC[C@]4(C)C3CC[C@@]21C. The molecule has 5 rings (SSSR count). The van der Waals surface area contributed by atoms with Crippen LogP contribution in [-0.4, -0.2) is 34.6 Å². The molecule has 5 aliphatic rings. The van der Waals surface area contributed by atoms with Crippen LogP contribution in [0.4, 0.5) is 0 Å². The molecule has 1 amide bonds. The van der Waals surface area contributed by atoms with Crippen molar-refractivity contribution >= 4 is 17.4 Å². The fourth-order valence-electron chi connectivity index (χ4n) is 8.80. The highest BCUT2D eigenvalue weighted by Crippen LogP contribution is 2.66. The molecule has 0 bridgehead atoms. The number of nitrogens with zero attached hydrogens (tertiary/aromatic N) is 2. The molecule has 0 radical (unpaired) electrons. The van der Waals surface area contributed by atoms with Gasteiger partial charge in [0.25, 0.3) is 5.91 Å². The van der Waals surface area contributed by atoms with Crippen molar-refractivity contribution in [3.8, 4) is 0 Å². The van der Waals surface area contributed by atoms with E-state index in [-0.39, 0.29) is 40.8 Å². The number of hydrazone groups is 1. The number of amides is 1. The van der Waals surface area contributed by atoms with Gasteiger partial charge in [0.2, 0.25) is 0 Å². The van der Waals surface area contributed by atoms with Crippen LogP contribution in [0.1, 0.15) is 92.9 Å². The van der Waals surface area contributed by atoms with Crippen LogP contribution in [0.3, 0.4) is 0 Å². The van der Waals surface area contributed by atoms with E-state index in [1.807, 2.05) is 13.8 Å². The van der Waals surface area contributed by atoms with Crippen molar-refractivity contribution in [1.29, 1.82) is 0 Å². The van der Waals surface area contributed by atoms with Crippen molar-refractivity contribution in [3.63, 3.8) is 0 Å². The van der Waals surface area contributed by atoms with Crippen molar-refractivity contribution in [2.24, 2.45) is 45.5 Å². The molecule has 0 aromatic carbocycles. The Labute approximate surface area is 199 Å². The van der Waals surface area contributed by atoms with Gasteiger partial charge in [0.15, 0.2) is 0 Å². The summed E-state index contributed by atoms with van der Waals surface area (Å²) in [6.45, 7) is 13.0. The normalized spacial score (nSPS) is 46.3. The van der Waals surface area contributed by atoms with E-state index in [0.717, 1.165) is 43.2 Å². The van der Waals surface area contributed by atoms with E-state index in [2.05, 4.69) is 39.1 Å². The molecule has 3 saturated carbocycles. The largest absolute Gasteiger partial charge is 0.300 e. The van der Waals surface area contributed by atoms with Gasteiger partial charge < -0.3 is 0 Å². The number of nitrogens with one attached hydrogen (secondary N) is 1. The summed E-state index contributed by atoms with van der Waals surface area (Å²) in [6, 6.07) is -0.136. The van der Waals surface area contributed by atoms with E-state index in [4.69, 9.17) is 5.10 Å². The molecule has 5 nitrogen and oxygen atoms in total. The first kappa shape index (κ1) is 23.3. The number of ketones is 1. The van der Waals surface area contributed by atoms with Gasteiger partial charge in [-0.1, -0.05) is 33.3 Å². The fourth-order valence-corrected chi connectivity index (χ4v) is 8.80. The second kappa shape index (κ2) is 8.03. The Morgan fingerprint density at radius 3 is 2.55 bits per heavy atom. The Morgan fingerprint density at radius 1 is 1.12 bits per heavy atom. The van der Waals surface area contributed by atoms with E-state index in [9.17, 15) is 9.59 Å². The Bertz CT molecular complexity index is 907. The maximum atomic E-state index is 12.9. The smallest absolute Gasteiger partial charge is 0.261 e.